The van der Waals surface area contributed by atoms with Crippen LogP contribution in [0.3, 0.4) is 0 Å². The zero-order valence-corrected chi connectivity index (χ0v) is 14.9. The molecule has 3 rings (SSSR count). The quantitative estimate of drug-likeness (QED) is 0.912. The van der Waals surface area contributed by atoms with Gasteiger partial charge in [0.2, 0.25) is 5.95 Å². The summed E-state index contributed by atoms with van der Waals surface area (Å²) in [6.45, 7) is 9.24. The van der Waals surface area contributed by atoms with E-state index in [0.29, 0.717) is 6.04 Å². The highest BCUT2D eigenvalue weighted by Crippen LogP contribution is 2.24. The summed E-state index contributed by atoms with van der Waals surface area (Å²) in [7, 11) is 0. The number of nitrogens with zero attached hydrogens (tertiary/aromatic N) is 4. The molecule has 0 aromatic carbocycles. The molecule has 1 aliphatic heterocycles. The van der Waals surface area contributed by atoms with Crippen molar-refractivity contribution in [2.24, 2.45) is 0 Å². The molecule has 2 aromatic rings. The van der Waals surface area contributed by atoms with E-state index >= 15 is 0 Å². The van der Waals surface area contributed by atoms with Crippen LogP contribution in [0.4, 0.5) is 5.95 Å². The fourth-order valence-electron chi connectivity index (χ4n) is 3.30. The molecule has 2 aromatic heterocycles. The lowest BCUT2D eigenvalue weighted by molar-refractivity contribution is 0.170. The largest absolute Gasteiger partial charge is 0.352 e. The predicted molar refractivity (Wildman–Crippen MR) is 97.1 cm³/mol. The number of likely N-dealkylation sites (tertiary alicyclic amines) is 1. The van der Waals surface area contributed by atoms with E-state index in [1.807, 2.05) is 32.3 Å². The van der Waals surface area contributed by atoms with Gasteiger partial charge in [0.25, 0.3) is 0 Å². The van der Waals surface area contributed by atoms with Crippen LogP contribution < -0.4 is 5.32 Å². The van der Waals surface area contributed by atoms with E-state index < -0.39 is 0 Å². The highest BCUT2D eigenvalue weighted by Gasteiger charge is 2.22. The number of anilines is 1. The molecule has 1 aliphatic rings. The minimum absolute atomic E-state index is 0.310. The van der Waals surface area contributed by atoms with Crippen LogP contribution in [-0.2, 0) is 0 Å². The Hall–Kier alpha value is -2.01. The molecule has 1 saturated heterocycles. The predicted octanol–water partition coefficient (Wildman–Crippen LogP) is 3.44. The highest BCUT2D eigenvalue weighted by atomic mass is 15.2. The normalized spacial score (nSPS) is 16.8. The van der Waals surface area contributed by atoms with Crippen LogP contribution in [0.1, 0.15) is 47.8 Å². The maximum absolute atomic E-state index is 4.59. The van der Waals surface area contributed by atoms with Gasteiger partial charge in [0.05, 0.1) is 6.04 Å². The SMILES string of the molecule is Cc1nc(NCC(c2cccnc2)N2CCCCC2)nc(C)c1C. The van der Waals surface area contributed by atoms with E-state index in [2.05, 4.69) is 38.2 Å². The van der Waals surface area contributed by atoms with E-state index in [0.717, 1.165) is 37.0 Å². The molecule has 5 nitrogen and oxygen atoms in total. The van der Waals surface area contributed by atoms with Crippen molar-refractivity contribution < 1.29 is 0 Å². The number of pyridine rings is 1. The van der Waals surface area contributed by atoms with Gasteiger partial charge in [-0.1, -0.05) is 12.5 Å². The summed E-state index contributed by atoms with van der Waals surface area (Å²) in [5.74, 6) is 0.724. The Balaban J connectivity index is 1.77. The van der Waals surface area contributed by atoms with Crippen LogP contribution in [0.2, 0.25) is 0 Å². The lowest BCUT2D eigenvalue weighted by Gasteiger charge is -2.34. The molecule has 0 spiro atoms. The molecule has 1 atom stereocenters. The second kappa shape index (κ2) is 7.71. The summed E-state index contributed by atoms with van der Waals surface area (Å²) in [6, 6.07) is 4.49. The van der Waals surface area contributed by atoms with Gasteiger partial charge in [-0.2, -0.15) is 0 Å². The van der Waals surface area contributed by atoms with Gasteiger partial charge in [0, 0.05) is 30.3 Å². The molecule has 1 fully saturated rings. The van der Waals surface area contributed by atoms with Crippen LogP contribution in [0, 0.1) is 20.8 Å². The van der Waals surface area contributed by atoms with E-state index in [1.165, 1.54) is 30.4 Å². The zero-order chi connectivity index (χ0) is 16.9. The maximum Gasteiger partial charge on any atom is 0.223 e. The zero-order valence-electron chi connectivity index (χ0n) is 14.9. The molecule has 0 saturated carbocycles. The lowest BCUT2D eigenvalue weighted by atomic mass is 10.0. The van der Waals surface area contributed by atoms with Crippen molar-refractivity contribution in [1.29, 1.82) is 0 Å². The molecule has 0 amide bonds. The van der Waals surface area contributed by atoms with E-state index in [1.54, 1.807) is 0 Å². The third-order valence-electron chi connectivity index (χ3n) is 4.99. The van der Waals surface area contributed by atoms with Crippen LogP contribution >= 0.6 is 0 Å². The molecule has 24 heavy (non-hydrogen) atoms. The average molecular weight is 325 g/mol. The van der Waals surface area contributed by atoms with Crippen molar-refractivity contribution in [3.8, 4) is 0 Å². The number of piperidine rings is 1. The fourth-order valence-corrected chi connectivity index (χ4v) is 3.30. The molecule has 3 heterocycles. The van der Waals surface area contributed by atoms with Crippen molar-refractivity contribution in [3.05, 3.63) is 47.0 Å². The van der Waals surface area contributed by atoms with Gasteiger partial charge >= 0.3 is 0 Å². The molecule has 5 heteroatoms. The van der Waals surface area contributed by atoms with Gasteiger partial charge in [-0.05, 0) is 63.9 Å². The Morgan fingerprint density at radius 2 is 1.79 bits per heavy atom. The number of nitrogens with one attached hydrogen (secondary N) is 1. The third-order valence-corrected chi connectivity index (χ3v) is 4.99. The minimum Gasteiger partial charge on any atom is -0.352 e. The van der Waals surface area contributed by atoms with Crippen molar-refractivity contribution in [3.63, 3.8) is 0 Å². The van der Waals surface area contributed by atoms with Gasteiger partial charge in [0.15, 0.2) is 0 Å². The first-order chi connectivity index (χ1) is 11.6. The van der Waals surface area contributed by atoms with E-state index in [-0.39, 0.29) is 0 Å². The van der Waals surface area contributed by atoms with Gasteiger partial charge < -0.3 is 5.32 Å². The Labute approximate surface area is 144 Å². The summed E-state index contributed by atoms with van der Waals surface area (Å²) in [5.41, 5.74) is 4.51. The van der Waals surface area contributed by atoms with Gasteiger partial charge in [-0.25, -0.2) is 9.97 Å². The van der Waals surface area contributed by atoms with Gasteiger partial charge in [-0.15, -0.1) is 0 Å². The minimum atomic E-state index is 0.310. The van der Waals surface area contributed by atoms with Crippen LogP contribution in [0.25, 0.3) is 0 Å². The summed E-state index contributed by atoms with van der Waals surface area (Å²) in [6.07, 6.45) is 7.70. The van der Waals surface area contributed by atoms with Crippen LogP contribution in [-0.4, -0.2) is 39.5 Å². The molecule has 0 radical (unpaired) electrons. The Bertz CT molecular complexity index is 642. The van der Waals surface area contributed by atoms with Crippen molar-refractivity contribution in [2.75, 3.05) is 25.0 Å². The van der Waals surface area contributed by atoms with Crippen molar-refractivity contribution >= 4 is 5.95 Å². The maximum atomic E-state index is 4.59. The molecule has 0 aliphatic carbocycles. The number of hydrogen-bond acceptors (Lipinski definition) is 5. The first-order valence-corrected chi connectivity index (χ1v) is 8.85. The molecular weight excluding hydrogens is 298 g/mol. The summed E-state index contributed by atoms with van der Waals surface area (Å²) >= 11 is 0. The summed E-state index contributed by atoms with van der Waals surface area (Å²) < 4.78 is 0. The Kier molecular flexibility index (Phi) is 5.41. The van der Waals surface area contributed by atoms with E-state index in [9.17, 15) is 0 Å². The van der Waals surface area contributed by atoms with Crippen molar-refractivity contribution in [2.45, 2.75) is 46.1 Å². The van der Waals surface area contributed by atoms with Crippen LogP contribution in [0.5, 0.6) is 0 Å². The number of hydrogen-bond donors (Lipinski definition) is 1. The molecular formula is C19H27N5. The third kappa shape index (κ3) is 3.90. The van der Waals surface area contributed by atoms with E-state index in [4.69, 9.17) is 0 Å². The standard InChI is InChI=1S/C19H27N5/c1-14-15(2)22-19(23-16(14)3)21-13-18(17-8-7-9-20-12-17)24-10-5-4-6-11-24/h7-9,12,18H,4-6,10-11,13H2,1-3H3,(H,21,22,23). The topological polar surface area (TPSA) is 53.9 Å². The van der Waals surface area contributed by atoms with Gasteiger partial charge in [0.1, 0.15) is 0 Å². The van der Waals surface area contributed by atoms with Crippen molar-refractivity contribution in [1.82, 2.24) is 19.9 Å². The average Bonchev–Trinajstić information content (AvgIpc) is 2.61. The lowest BCUT2D eigenvalue weighted by Crippen LogP contribution is -2.37. The Morgan fingerprint density at radius 3 is 2.42 bits per heavy atom. The molecule has 0 bridgehead atoms. The number of aryl methyl sites for hydroxylation is 2. The first-order valence-electron chi connectivity index (χ1n) is 8.85. The molecule has 1 unspecified atom stereocenters. The summed E-state index contributed by atoms with van der Waals surface area (Å²) in [5, 5.41) is 3.46. The second-order valence-electron chi connectivity index (χ2n) is 6.62. The highest BCUT2D eigenvalue weighted by molar-refractivity contribution is 5.33. The second-order valence-corrected chi connectivity index (χ2v) is 6.62. The fraction of sp³-hybridized carbons (Fsp3) is 0.526. The first kappa shape index (κ1) is 16.8. The van der Waals surface area contributed by atoms with Gasteiger partial charge in [-0.3, -0.25) is 9.88 Å². The smallest absolute Gasteiger partial charge is 0.223 e. The number of aromatic nitrogens is 3. The summed E-state index contributed by atoms with van der Waals surface area (Å²) in [4.78, 5) is 16.0. The number of rotatable bonds is 5. The molecule has 128 valence electrons. The Morgan fingerprint density at radius 1 is 1.08 bits per heavy atom. The molecule has 1 N–H and O–H groups in total. The van der Waals surface area contributed by atoms with Crippen LogP contribution in [0.15, 0.2) is 24.5 Å². The monoisotopic (exact) mass is 325 g/mol.